The lowest BCUT2D eigenvalue weighted by molar-refractivity contribution is 0.562. The highest BCUT2D eigenvalue weighted by Gasteiger charge is 1.94. The van der Waals surface area contributed by atoms with Crippen LogP contribution in [0.4, 0.5) is 0 Å². The Morgan fingerprint density at radius 2 is 0.840 bits per heavy atom. The Balaban J connectivity index is 1.30. The fourth-order valence-corrected chi connectivity index (χ4v) is 3.04. The van der Waals surface area contributed by atoms with Crippen LogP contribution < -0.4 is 10.6 Å². The molecule has 2 rings (SSSR count). The summed E-state index contributed by atoms with van der Waals surface area (Å²) in [6, 6.07) is 21.6. The molecule has 0 radical (unpaired) electrons. The van der Waals surface area contributed by atoms with E-state index >= 15 is 0 Å². The average molecular weight is 339 g/mol. The number of rotatable bonds is 14. The molecular formula is C23H34N2. The van der Waals surface area contributed by atoms with Crippen LogP contribution in [0.1, 0.15) is 43.2 Å². The molecule has 0 saturated heterocycles. The molecule has 0 aliphatic rings. The second kappa shape index (κ2) is 13.6. The van der Waals surface area contributed by atoms with Crippen LogP contribution in [0.25, 0.3) is 0 Å². The molecule has 0 atom stereocenters. The van der Waals surface area contributed by atoms with E-state index in [-0.39, 0.29) is 0 Å². The van der Waals surface area contributed by atoms with Crippen LogP contribution >= 0.6 is 0 Å². The lowest BCUT2D eigenvalue weighted by atomic mass is 10.1. The summed E-state index contributed by atoms with van der Waals surface area (Å²) >= 11 is 0. The van der Waals surface area contributed by atoms with E-state index < -0.39 is 0 Å². The normalized spacial score (nSPS) is 10.9. The molecule has 136 valence electrons. The molecule has 25 heavy (non-hydrogen) atoms. The predicted molar refractivity (Wildman–Crippen MR) is 109 cm³/mol. The van der Waals surface area contributed by atoms with Crippen molar-refractivity contribution < 1.29 is 0 Å². The van der Waals surface area contributed by atoms with E-state index in [2.05, 4.69) is 71.3 Å². The van der Waals surface area contributed by atoms with Gasteiger partial charge in [0, 0.05) is 0 Å². The Bertz CT molecular complexity index is 475. The Kier molecular flexibility index (Phi) is 10.7. The van der Waals surface area contributed by atoms with Gasteiger partial charge in [-0.3, -0.25) is 0 Å². The highest BCUT2D eigenvalue weighted by Crippen LogP contribution is 2.04. The minimum absolute atomic E-state index is 1.13. The first-order valence-corrected chi connectivity index (χ1v) is 9.94. The zero-order valence-corrected chi connectivity index (χ0v) is 15.6. The molecule has 0 bridgehead atoms. The van der Waals surface area contributed by atoms with Crippen LogP contribution in [-0.2, 0) is 12.8 Å². The SMILES string of the molecule is c1ccc(CCCCNCCCNCCCCc2ccccc2)cc1. The monoisotopic (exact) mass is 338 g/mol. The highest BCUT2D eigenvalue weighted by molar-refractivity contribution is 5.15. The van der Waals surface area contributed by atoms with Crippen molar-refractivity contribution in [1.29, 1.82) is 0 Å². The van der Waals surface area contributed by atoms with Crippen LogP contribution in [0.15, 0.2) is 60.7 Å². The lowest BCUT2D eigenvalue weighted by Gasteiger charge is -2.07. The van der Waals surface area contributed by atoms with Crippen molar-refractivity contribution >= 4 is 0 Å². The summed E-state index contributed by atoms with van der Waals surface area (Å²) in [5, 5.41) is 7.11. The van der Waals surface area contributed by atoms with Gasteiger partial charge in [0.1, 0.15) is 0 Å². The zero-order valence-electron chi connectivity index (χ0n) is 15.6. The van der Waals surface area contributed by atoms with E-state index in [1.165, 1.54) is 56.1 Å². The number of nitrogens with one attached hydrogen (secondary N) is 2. The van der Waals surface area contributed by atoms with Gasteiger partial charge in [-0.25, -0.2) is 0 Å². The van der Waals surface area contributed by atoms with Gasteiger partial charge >= 0.3 is 0 Å². The lowest BCUT2D eigenvalue weighted by Crippen LogP contribution is -2.23. The minimum atomic E-state index is 1.13. The molecule has 0 saturated carbocycles. The number of benzene rings is 2. The van der Waals surface area contributed by atoms with Crippen LogP contribution in [0, 0.1) is 0 Å². The van der Waals surface area contributed by atoms with Gasteiger partial charge in [0.2, 0.25) is 0 Å². The van der Waals surface area contributed by atoms with Crippen LogP contribution in [-0.4, -0.2) is 26.2 Å². The van der Waals surface area contributed by atoms with Gasteiger partial charge in [0.15, 0.2) is 0 Å². The molecular weight excluding hydrogens is 304 g/mol. The average Bonchev–Trinajstić information content (AvgIpc) is 2.67. The van der Waals surface area contributed by atoms with Crippen molar-refractivity contribution in [3.05, 3.63) is 71.8 Å². The van der Waals surface area contributed by atoms with E-state index in [1.54, 1.807) is 0 Å². The summed E-state index contributed by atoms with van der Waals surface area (Å²) in [5.41, 5.74) is 2.91. The highest BCUT2D eigenvalue weighted by atomic mass is 14.9. The Morgan fingerprint density at radius 1 is 0.440 bits per heavy atom. The fourth-order valence-electron chi connectivity index (χ4n) is 3.04. The predicted octanol–water partition coefficient (Wildman–Crippen LogP) is 4.60. The standard InChI is InChI=1S/C23H34N2/c1-3-12-22(13-4-1)16-7-9-18-24-20-11-21-25-19-10-8-17-23-14-5-2-6-15-23/h1-6,12-15,24-25H,7-11,16-21H2. The molecule has 2 aromatic rings. The molecule has 2 N–H and O–H groups in total. The van der Waals surface area contributed by atoms with Gasteiger partial charge in [-0.05, 0) is 82.3 Å². The quantitative estimate of drug-likeness (QED) is 0.492. The van der Waals surface area contributed by atoms with Gasteiger partial charge in [-0.1, -0.05) is 60.7 Å². The number of unbranched alkanes of at least 4 members (excludes halogenated alkanes) is 2. The van der Waals surface area contributed by atoms with Gasteiger partial charge in [0.05, 0.1) is 0 Å². The Morgan fingerprint density at radius 3 is 1.28 bits per heavy atom. The van der Waals surface area contributed by atoms with Crippen molar-refractivity contribution in [1.82, 2.24) is 10.6 Å². The third-order valence-corrected chi connectivity index (χ3v) is 4.53. The van der Waals surface area contributed by atoms with Crippen LogP contribution in [0.2, 0.25) is 0 Å². The first-order chi connectivity index (χ1) is 12.4. The largest absolute Gasteiger partial charge is 0.317 e. The molecule has 2 aromatic carbocycles. The van der Waals surface area contributed by atoms with Crippen molar-refractivity contribution in [2.45, 2.75) is 44.9 Å². The second-order valence-corrected chi connectivity index (χ2v) is 6.74. The van der Waals surface area contributed by atoms with Crippen LogP contribution in [0.5, 0.6) is 0 Å². The summed E-state index contributed by atoms with van der Waals surface area (Å²) in [6.07, 6.45) is 8.70. The van der Waals surface area contributed by atoms with E-state index in [1.807, 2.05) is 0 Å². The van der Waals surface area contributed by atoms with Crippen molar-refractivity contribution in [2.75, 3.05) is 26.2 Å². The van der Waals surface area contributed by atoms with Crippen molar-refractivity contribution in [2.24, 2.45) is 0 Å². The summed E-state index contributed by atoms with van der Waals surface area (Å²) in [4.78, 5) is 0. The fraction of sp³-hybridized carbons (Fsp3) is 0.478. The van der Waals surface area contributed by atoms with Crippen LogP contribution in [0.3, 0.4) is 0 Å². The maximum Gasteiger partial charge on any atom is -0.00368 e. The minimum Gasteiger partial charge on any atom is -0.317 e. The van der Waals surface area contributed by atoms with Gasteiger partial charge < -0.3 is 10.6 Å². The van der Waals surface area contributed by atoms with Gasteiger partial charge in [-0.2, -0.15) is 0 Å². The maximum atomic E-state index is 3.56. The first-order valence-electron chi connectivity index (χ1n) is 9.94. The van der Waals surface area contributed by atoms with E-state index in [0.717, 1.165) is 26.2 Å². The first kappa shape index (κ1) is 19.7. The van der Waals surface area contributed by atoms with Crippen molar-refractivity contribution in [3.8, 4) is 0 Å². The Hall–Kier alpha value is -1.64. The molecule has 2 nitrogen and oxygen atoms in total. The molecule has 0 aliphatic carbocycles. The second-order valence-electron chi connectivity index (χ2n) is 6.74. The molecule has 0 unspecified atom stereocenters. The third kappa shape index (κ3) is 10.1. The molecule has 0 aromatic heterocycles. The van der Waals surface area contributed by atoms with Gasteiger partial charge in [0.25, 0.3) is 0 Å². The number of hydrogen-bond acceptors (Lipinski definition) is 2. The number of hydrogen-bond donors (Lipinski definition) is 2. The van der Waals surface area contributed by atoms with E-state index in [4.69, 9.17) is 0 Å². The van der Waals surface area contributed by atoms with Crippen molar-refractivity contribution in [3.63, 3.8) is 0 Å². The zero-order chi connectivity index (χ0) is 17.4. The Labute approximate surface area is 154 Å². The molecule has 0 amide bonds. The summed E-state index contributed by atoms with van der Waals surface area (Å²) < 4.78 is 0. The number of aryl methyl sites for hydroxylation is 2. The van der Waals surface area contributed by atoms with E-state index in [0.29, 0.717) is 0 Å². The topological polar surface area (TPSA) is 24.1 Å². The van der Waals surface area contributed by atoms with Gasteiger partial charge in [-0.15, -0.1) is 0 Å². The molecule has 0 fully saturated rings. The third-order valence-electron chi connectivity index (χ3n) is 4.53. The summed E-state index contributed by atoms with van der Waals surface area (Å²) in [7, 11) is 0. The summed E-state index contributed by atoms with van der Waals surface area (Å²) in [6.45, 7) is 4.54. The molecule has 2 heteroatoms. The molecule has 0 heterocycles. The van der Waals surface area contributed by atoms with E-state index in [9.17, 15) is 0 Å². The smallest absolute Gasteiger partial charge is 0.00368 e. The maximum absolute atomic E-state index is 3.56. The molecule has 0 aliphatic heterocycles. The molecule has 0 spiro atoms. The summed E-state index contributed by atoms with van der Waals surface area (Å²) in [5.74, 6) is 0.